The zero-order valence-electron chi connectivity index (χ0n) is 13.9. The molecule has 0 saturated carbocycles. The summed E-state index contributed by atoms with van der Waals surface area (Å²) in [5.74, 6) is 2.48. The molecule has 0 aliphatic carbocycles. The first kappa shape index (κ1) is 17.8. The molecule has 0 aromatic heterocycles. The van der Waals surface area contributed by atoms with Gasteiger partial charge in [-0.2, -0.15) is 5.26 Å². The van der Waals surface area contributed by atoms with Crippen molar-refractivity contribution in [3.63, 3.8) is 0 Å². The Kier molecular flexibility index (Phi) is 6.39. The number of benzene rings is 2. The summed E-state index contributed by atoms with van der Waals surface area (Å²) in [6.45, 7) is 1.98. The fourth-order valence-electron chi connectivity index (χ4n) is 2.25. The molecule has 0 saturated heterocycles. The van der Waals surface area contributed by atoms with Crippen molar-refractivity contribution in [3.8, 4) is 24.2 Å². The number of nitrogens with zero attached hydrogens (tertiary/aromatic N) is 1. The number of terminal acetylenes is 1. The quantitative estimate of drug-likeness (QED) is 0.501. The van der Waals surface area contributed by atoms with Gasteiger partial charge in [0.15, 0.2) is 0 Å². The predicted molar refractivity (Wildman–Crippen MR) is 97.4 cm³/mol. The Balaban J connectivity index is 2.19. The van der Waals surface area contributed by atoms with E-state index in [1.54, 1.807) is 24.3 Å². The second-order valence-corrected chi connectivity index (χ2v) is 5.31. The van der Waals surface area contributed by atoms with Crippen LogP contribution in [0, 0.1) is 23.7 Å². The van der Waals surface area contributed by atoms with E-state index in [1.165, 1.54) is 6.08 Å². The van der Waals surface area contributed by atoms with Crippen LogP contribution in [0.5, 0.6) is 5.75 Å². The summed E-state index contributed by atoms with van der Waals surface area (Å²) in [5.41, 5.74) is 1.59. The minimum absolute atomic E-state index is 0.000427. The van der Waals surface area contributed by atoms with Crippen LogP contribution in [0.15, 0.2) is 60.2 Å². The van der Waals surface area contributed by atoms with Crippen LogP contribution in [0.25, 0.3) is 6.08 Å². The number of carbonyl (C=O) groups is 1. The molecule has 2 aromatic rings. The Morgan fingerprint density at radius 2 is 1.92 bits per heavy atom. The number of nitrogens with one attached hydrogen (secondary N) is 1. The first-order valence-electron chi connectivity index (χ1n) is 7.78. The molecule has 1 N–H and O–H groups in total. The van der Waals surface area contributed by atoms with Gasteiger partial charge in [0.05, 0.1) is 6.04 Å². The lowest BCUT2D eigenvalue weighted by atomic mass is 10.1. The van der Waals surface area contributed by atoms with Gasteiger partial charge >= 0.3 is 0 Å². The van der Waals surface area contributed by atoms with E-state index in [0.29, 0.717) is 11.3 Å². The highest BCUT2D eigenvalue weighted by Gasteiger charge is 2.14. The van der Waals surface area contributed by atoms with E-state index >= 15 is 0 Å². The molecule has 4 nitrogen and oxygen atoms in total. The van der Waals surface area contributed by atoms with Crippen molar-refractivity contribution in [1.82, 2.24) is 5.32 Å². The van der Waals surface area contributed by atoms with Crippen LogP contribution in [0.2, 0.25) is 0 Å². The molecular formula is C21H18N2O2. The van der Waals surface area contributed by atoms with Crippen LogP contribution < -0.4 is 10.1 Å². The third-order valence-corrected chi connectivity index (χ3v) is 3.54. The van der Waals surface area contributed by atoms with E-state index in [9.17, 15) is 10.1 Å². The van der Waals surface area contributed by atoms with Crippen molar-refractivity contribution in [2.75, 3.05) is 6.61 Å². The molecule has 1 atom stereocenters. The van der Waals surface area contributed by atoms with E-state index < -0.39 is 5.91 Å². The summed E-state index contributed by atoms with van der Waals surface area (Å²) in [6, 6.07) is 18.4. The van der Waals surface area contributed by atoms with Gasteiger partial charge in [-0.1, -0.05) is 54.5 Å². The molecule has 0 heterocycles. The zero-order chi connectivity index (χ0) is 18.1. The first-order chi connectivity index (χ1) is 12.2. The molecule has 0 aliphatic heterocycles. The van der Waals surface area contributed by atoms with Gasteiger partial charge in [0.25, 0.3) is 5.91 Å². The second kappa shape index (κ2) is 8.96. The van der Waals surface area contributed by atoms with Gasteiger partial charge in [-0.05, 0) is 24.6 Å². The number of nitriles is 1. The molecule has 4 heteroatoms. The molecule has 2 rings (SSSR count). The summed E-state index contributed by atoms with van der Waals surface area (Å²) in [5, 5.41) is 12.2. The summed E-state index contributed by atoms with van der Waals surface area (Å²) < 4.78 is 5.44. The molecule has 0 aliphatic rings. The molecule has 0 unspecified atom stereocenters. The summed E-state index contributed by atoms with van der Waals surface area (Å²) in [6.07, 6.45) is 6.70. The Labute approximate surface area is 147 Å². The topological polar surface area (TPSA) is 62.1 Å². The molecule has 1 amide bonds. The number of carbonyl (C=O) groups excluding carboxylic acids is 1. The second-order valence-electron chi connectivity index (χ2n) is 5.31. The lowest BCUT2D eigenvalue weighted by Crippen LogP contribution is -2.27. The third-order valence-electron chi connectivity index (χ3n) is 3.54. The van der Waals surface area contributed by atoms with Crippen LogP contribution in [0.4, 0.5) is 0 Å². The van der Waals surface area contributed by atoms with Gasteiger partial charge in [0.2, 0.25) is 0 Å². The van der Waals surface area contributed by atoms with Gasteiger partial charge in [-0.25, -0.2) is 0 Å². The van der Waals surface area contributed by atoms with Crippen LogP contribution in [0.1, 0.15) is 24.1 Å². The van der Waals surface area contributed by atoms with E-state index in [2.05, 4.69) is 11.2 Å². The smallest absolute Gasteiger partial charge is 0.262 e. The van der Waals surface area contributed by atoms with Gasteiger partial charge in [-0.15, -0.1) is 6.42 Å². The molecule has 0 radical (unpaired) electrons. The van der Waals surface area contributed by atoms with Gasteiger partial charge < -0.3 is 10.1 Å². The van der Waals surface area contributed by atoms with Crippen molar-refractivity contribution in [1.29, 1.82) is 5.26 Å². The van der Waals surface area contributed by atoms with Crippen LogP contribution in [0.3, 0.4) is 0 Å². The number of amides is 1. The lowest BCUT2D eigenvalue weighted by molar-refractivity contribution is -0.117. The fraction of sp³-hybridized carbons (Fsp3) is 0.143. The molecule has 0 fully saturated rings. The number of hydrogen-bond donors (Lipinski definition) is 1. The van der Waals surface area contributed by atoms with E-state index in [-0.39, 0.29) is 18.2 Å². The average molecular weight is 330 g/mol. The zero-order valence-corrected chi connectivity index (χ0v) is 13.9. The van der Waals surface area contributed by atoms with Gasteiger partial charge in [0.1, 0.15) is 24.0 Å². The Bertz CT molecular complexity index is 842. The van der Waals surface area contributed by atoms with Crippen molar-refractivity contribution in [3.05, 3.63) is 71.3 Å². The summed E-state index contributed by atoms with van der Waals surface area (Å²) in [4.78, 5) is 12.4. The van der Waals surface area contributed by atoms with E-state index in [1.807, 2.05) is 43.3 Å². The average Bonchev–Trinajstić information content (AvgIpc) is 2.65. The highest BCUT2D eigenvalue weighted by atomic mass is 16.5. The first-order valence-corrected chi connectivity index (χ1v) is 7.78. The van der Waals surface area contributed by atoms with Crippen molar-refractivity contribution < 1.29 is 9.53 Å². The SMILES string of the molecule is C#CCOc1ccccc1/C=C(\C#N)C(=O)N[C@@H](C)c1ccccc1. The van der Waals surface area contributed by atoms with Crippen molar-refractivity contribution >= 4 is 12.0 Å². The summed E-state index contributed by atoms with van der Waals surface area (Å²) in [7, 11) is 0. The number of hydrogen-bond acceptors (Lipinski definition) is 3. The standard InChI is InChI=1S/C21H18N2O2/c1-3-13-25-20-12-8-7-11-18(20)14-19(15-22)21(24)23-16(2)17-9-5-4-6-10-17/h1,4-12,14,16H,13H2,2H3,(H,23,24)/b19-14+/t16-/m0/s1. The maximum Gasteiger partial charge on any atom is 0.262 e. The molecule has 124 valence electrons. The number of rotatable bonds is 6. The fourth-order valence-corrected chi connectivity index (χ4v) is 2.25. The Morgan fingerprint density at radius 1 is 1.24 bits per heavy atom. The van der Waals surface area contributed by atoms with Crippen molar-refractivity contribution in [2.45, 2.75) is 13.0 Å². The molecule has 2 aromatic carbocycles. The van der Waals surface area contributed by atoms with Crippen LogP contribution in [-0.2, 0) is 4.79 Å². The highest BCUT2D eigenvalue weighted by molar-refractivity contribution is 6.02. The highest BCUT2D eigenvalue weighted by Crippen LogP contribution is 2.21. The van der Waals surface area contributed by atoms with Crippen LogP contribution in [-0.4, -0.2) is 12.5 Å². The number of ether oxygens (including phenoxy) is 1. The minimum Gasteiger partial charge on any atom is -0.480 e. The monoisotopic (exact) mass is 330 g/mol. The number of para-hydroxylation sites is 1. The normalized spacial score (nSPS) is 11.7. The minimum atomic E-state index is -0.439. The summed E-state index contributed by atoms with van der Waals surface area (Å²) >= 11 is 0. The van der Waals surface area contributed by atoms with Gasteiger partial charge in [-0.3, -0.25) is 4.79 Å². The van der Waals surface area contributed by atoms with E-state index in [0.717, 1.165) is 5.56 Å². The van der Waals surface area contributed by atoms with Crippen LogP contribution >= 0.6 is 0 Å². The molecule has 0 spiro atoms. The maximum atomic E-state index is 12.4. The third kappa shape index (κ3) is 4.99. The van der Waals surface area contributed by atoms with Crippen molar-refractivity contribution in [2.24, 2.45) is 0 Å². The van der Waals surface area contributed by atoms with E-state index in [4.69, 9.17) is 11.2 Å². The largest absolute Gasteiger partial charge is 0.480 e. The Morgan fingerprint density at radius 3 is 2.60 bits per heavy atom. The molecule has 25 heavy (non-hydrogen) atoms. The predicted octanol–water partition coefficient (Wildman–Crippen LogP) is 3.48. The van der Waals surface area contributed by atoms with Gasteiger partial charge in [0, 0.05) is 5.56 Å². The maximum absolute atomic E-state index is 12.4. The Hall–Kier alpha value is -3.50. The molecule has 0 bridgehead atoms. The lowest BCUT2D eigenvalue weighted by Gasteiger charge is -2.14. The molecular weight excluding hydrogens is 312 g/mol.